The van der Waals surface area contributed by atoms with Crippen molar-refractivity contribution >= 4 is 27.8 Å². The zero-order valence-electron chi connectivity index (χ0n) is 12.8. The Balaban J connectivity index is 0.00000172. The van der Waals surface area contributed by atoms with Crippen molar-refractivity contribution in [1.29, 1.82) is 0 Å². The number of nitrogens with zero attached hydrogens (tertiary/aromatic N) is 1. The lowest BCUT2D eigenvalue weighted by Crippen LogP contribution is -2.35. The van der Waals surface area contributed by atoms with E-state index in [9.17, 15) is 4.79 Å². The van der Waals surface area contributed by atoms with Crippen LogP contribution in [0.25, 0.3) is 0 Å². The first-order valence-electron chi connectivity index (χ1n) is 6.69. The standard InChI is InChI=1S/C12H18BrN3O2.C2H6/c1-12(2,3)18-11(17)15-7-6-14-10-5-4-9(13)8-16-10;1-2/h4-5,8H,6-7H2,1-3H3,(H,14,16)(H,15,17);1-2H3. The lowest BCUT2D eigenvalue weighted by atomic mass is 10.2. The van der Waals surface area contributed by atoms with E-state index in [1.165, 1.54) is 0 Å². The van der Waals surface area contributed by atoms with Gasteiger partial charge in [0.2, 0.25) is 0 Å². The van der Waals surface area contributed by atoms with Crippen molar-refractivity contribution in [2.24, 2.45) is 0 Å². The van der Waals surface area contributed by atoms with Crippen LogP contribution in [0, 0.1) is 0 Å². The minimum Gasteiger partial charge on any atom is -0.444 e. The second-order valence-corrected chi connectivity index (χ2v) is 5.63. The van der Waals surface area contributed by atoms with E-state index in [4.69, 9.17) is 4.74 Å². The molecule has 0 saturated heterocycles. The summed E-state index contributed by atoms with van der Waals surface area (Å²) in [4.78, 5) is 15.5. The van der Waals surface area contributed by atoms with E-state index in [1.54, 1.807) is 6.20 Å². The van der Waals surface area contributed by atoms with Crippen molar-refractivity contribution in [3.63, 3.8) is 0 Å². The Morgan fingerprint density at radius 1 is 1.30 bits per heavy atom. The number of halogens is 1. The molecule has 0 unspecified atom stereocenters. The third-order valence-corrected chi connectivity index (χ3v) is 2.30. The highest BCUT2D eigenvalue weighted by Crippen LogP contribution is 2.10. The predicted octanol–water partition coefficient (Wildman–Crippen LogP) is 3.81. The summed E-state index contributed by atoms with van der Waals surface area (Å²) < 4.78 is 6.04. The maximum Gasteiger partial charge on any atom is 0.407 e. The zero-order chi connectivity index (χ0) is 15.6. The smallest absolute Gasteiger partial charge is 0.407 e. The first-order chi connectivity index (χ1) is 9.37. The van der Waals surface area contributed by atoms with Crippen molar-refractivity contribution in [3.05, 3.63) is 22.8 Å². The van der Waals surface area contributed by atoms with Gasteiger partial charge >= 0.3 is 6.09 Å². The first-order valence-corrected chi connectivity index (χ1v) is 7.48. The summed E-state index contributed by atoms with van der Waals surface area (Å²) in [6, 6.07) is 3.76. The van der Waals surface area contributed by atoms with Crippen LogP contribution in [0.1, 0.15) is 34.6 Å². The van der Waals surface area contributed by atoms with Crippen LogP contribution in [0.4, 0.5) is 10.6 Å². The maximum atomic E-state index is 11.3. The quantitative estimate of drug-likeness (QED) is 0.814. The van der Waals surface area contributed by atoms with Crippen molar-refractivity contribution in [2.75, 3.05) is 18.4 Å². The van der Waals surface area contributed by atoms with E-state index in [-0.39, 0.29) is 0 Å². The van der Waals surface area contributed by atoms with E-state index in [1.807, 2.05) is 46.8 Å². The highest BCUT2D eigenvalue weighted by atomic mass is 79.9. The predicted molar refractivity (Wildman–Crippen MR) is 86.0 cm³/mol. The Labute approximate surface area is 129 Å². The lowest BCUT2D eigenvalue weighted by Gasteiger charge is -2.19. The van der Waals surface area contributed by atoms with Crippen LogP contribution >= 0.6 is 15.9 Å². The number of alkyl carbamates (subject to hydrolysis) is 1. The van der Waals surface area contributed by atoms with Gasteiger partial charge in [-0.3, -0.25) is 0 Å². The van der Waals surface area contributed by atoms with Crippen molar-refractivity contribution in [2.45, 2.75) is 40.2 Å². The van der Waals surface area contributed by atoms with Crippen LogP contribution in [0.15, 0.2) is 22.8 Å². The summed E-state index contributed by atoms with van der Waals surface area (Å²) in [5.41, 5.74) is -0.467. The Morgan fingerprint density at radius 3 is 2.45 bits per heavy atom. The van der Waals surface area contributed by atoms with Crippen LogP contribution in [0.2, 0.25) is 0 Å². The number of hydrogen-bond donors (Lipinski definition) is 2. The van der Waals surface area contributed by atoms with Crippen LogP contribution in [-0.2, 0) is 4.74 Å². The molecule has 1 aromatic rings. The van der Waals surface area contributed by atoms with Gasteiger partial charge in [-0.05, 0) is 48.8 Å². The van der Waals surface area contributed by atoms with Gasteiger partial charge in [-0.2, -0.15) is 0 Å². The molecule has 0 spiro atoms. The molecule has 1 heterocycles. The fraction of sp³-hybridized carbons (Fsp3) is 0.571. The van der Waals surface area contributed by atoms with Gasteiger partial charge in [0.25, 0.3) is 0 Å². The van der Waals surface area contributed by atoms with Gasteiger partial charge < -0.3 is 15.4 Å². The van der Waals surface area contributed by atoms with Gasteiger partial charge in [-0.25, -0.2) is 9.78 Å². The number of anilines is 1. The highest BCUT2D eigenvalue weighted by Gasteiger charge is 2.15. The Kier molecular flexibility index (Phi) is 8.96. The van der Waals surface area contributed by atoms with Gasteiger partial charge in [0.05, 0.1) is 0 Å². The van der Waals surface area contributed by atoms with Crippen LogP contribution < -0.4 is 10.6 Å². The highest BCUT2D eigenvalue weighted by molar-refractivity contribution is 9.10. The monoisotopic (exact) mass is 345 g/mol. The normalized spacial score (nSPS) is 10.1. The molecule has 0 saturated carbocycles. The number of carbonyl (C=O) groups excluding carboxylic acids is 1. The molecular weight excluding hydrogens is 322 g/mol. The fourth-order valence-corrected chi connectivity index (χ4v) is 1.38. The number of aromatic nitrogens is 1. The molecule has 2 N–H and O–H groups in total. The number of nitrogens with one attached hydrogen (secondary N) is 2. The molecule has 0 aliphatic carbocycles. The molecule has 0 bridgehead atoms. The molecule has 20 heavy (non-hydrogen) atoms. The molecule has 1 amide bonds. The molecule has 6 heteroatoms. The summed E-state index contributed by atoms with van der Waals surface area (Å²) in [5.74, 6) is 0.768. The third kappa shape index (κ3) is 9.61. The zero-order valence-corrected chi connectivity index (χ0v) is 14.4. The average Bonchev–Trinajstić information content (AvgIpc) is 2.37. The molecule has 1 rings (SSSR count). The lowest BCUT2D eigenvalue weighted by molar-refractivity contribution is 0.0530. The van der Waals surface area contributed by atoms with Gasteiger partial charge in [0.15, 0.2) is 0 Å². The number of pyridine rings is 1. The minimum atomic E-state index is -0.467. The van der Waals surface area contributed by atoms with Crippen LogP contribution in [-0.4, -0.2) is 29.8 Å². The summed E-state index contributed by atoms with van der Waals surface area (Å²) in [6.07, 6.45) is 1.30. The van der Waals surface area contributed by atoms with Crippen molar-refractivity contribution < 1.29 is 9.53 Å². The minimum absolute atomic E-state index is 0.409. The topological polar surface area (TPSA) is 63.2 Å². The summed E-state index contributed by atoms with van der Waals surface area (Å²) in [6.45, 7) is 10.6. The molecule has 0 aliphatic heterocycles. The average molecular weight is 346 g/mol. The second kappa shape index (κ2) is 9.58. The molecule has 0 radical (unpaired) electrons. The molecule has 114 valence electrons. The van der Waals surface area contributed by atoms with Gasteiger partial charge in [0.1, 0.15) is 11.4 Å². The first kappa shape index (κ1) is 18.7. The van der Waals surface area contributed by atoms with E-state index >= 15 is 0 Å². The van der Waals surface area contributed by atoms with Crippen LogP contribution in [0.5, 0.6) is 0 Å². The number of rotatable bonds is 4. The van der Waals surface area contributed by atoms with Gasteiger partial charge in [-0.1, -0.05) is 13.8 Å². The van der Waals surface area contributed by atoms with Crippen molar-refractivity contribution in [3.8, 4) is 0 Å². The number of ether oxygens (including phenoxy) is 1. The molecule has 1 aromatic heterocycles. The largest absolute Gasteiger partial charge is 0.444 e. The number of carbonyl (C=O) groups is 1. The fourth-order valence-electron chi connectivity index (χ4n) is 1.15. The van der Waals surface area contributed by atoms with Crippen molar-refractivity contribution in [1.82, 2.24) is 10.3 Å². The summed E-state index contributed by atoms with van der Waals surface area (Å²) in [5, 5.41) is 5.75. The molecule has 0 atom stereocenters. The van der Waals surface area contributed by atoms with E-state index < -0.39 is 11.7 Å². The molecular formula is C14H24BrN3O2. The van der Waals surface area contributed by atoms with Gasteiger partial charge in [-0.15, -0.1) is 0 Å². The SMILES string of the molecule is CC.CC(C)(C)OC(=O)NCCNc1ccc(Br)cn1. The molecule has 0 fully saturated rings. The summed E-state index contributed by atoms with van der Waals surface area (Å²) in [7, 11) is 0. The van der Waals surface area contributed by atoms with E-state index in [0.717, 1.165) is 10.3 Å². The number of hydrogen-bond acceptors (Lipinski definition) is 4. The molecule has 0 aliphatic rings. The Hall–Kier alpha value is -1.30. The Morgan fingerprint density at radius 2 is 1.95 bits per heavy atom. The molecule has 0 aromatic carbocycles. The molecule has 5 nitrogen and oxygen atoms in total. The maximum absolute atomic E-state index is 11.3. The van der Waals surface area contributed by atoms with E-state index in [0.29, 0.717) is 13.1 Å². The van der Waals surface area contributed by atoms with E-state index in [2.05, 4.69) is 31.5 Å². The summed E-state index contributed by atoms with van der Waals surface area (Å²) >= 11 is 3.31. The second-order valence-electron chi connectivity index (χ2n) is 4.72. The Bertz CT molecular complexity index is 388. The van der Waals surface area contributed by atoms with Crippen LogP contribution in [0.3, 0.4) is 0 Å². The third-order valence-electron chi connectivity index (χ3n) is 1.83. The van der Waals surface area contributed by atoms with Gasteiger partial charge in [0, 0.05) is 23.8 Å². The number of amides is 1.